The maximum atomic E-state index is 6.36. The Morgan fingerprint density at radius 3 is 2.75 bits per heavy atom. The second-order valence-corrected chi connectivity index (χ2v) is 5.94. The molecule has 20 heavy (non-hydrogen) atoms. The molecule has 0 aromatic heterocycles. The van der Waals surface area contributed by atoms with Crippen LogP contribution >= 0.6 is 11.6 Å². The van der Waals surface area contributed by atoms with E-state index in [0.29, 0.717) is 5.92 Å². The Morgan fingerprint density at radius 1 is 1.35 bits per heavy atom. The first-order valence-electron chi connectivity index (χ1n) is 7.24. The van der Waals surface area contributed by atoms with Crippen molar-refractivity contribution in [1.82, 2.24) is 5.32 Å². The van der Waals surface area contributed by atoms with Crippen molar-refractivity contribution in [2.45, 2.75) is 26.8 Å². The third-order valence-corrected chi connectivity index (χ3v) is 3.56. The number of benzene rings is 1. The van der Waals surface area contributed by atoms with Gasteiger partial charge in [0, 0.05) is 50.1 Å². The highest BCUT2D eigenvalue weighted by Crippen LogP contribution is 2.27. The maximum absolute atomic E-state index is 6.36. The molecule has 0 fully saturated rings. The second-order valence-electron chi connectivity index (χ2n) is 5.53. The molecular formula is C16H27ClN2O. The summed E-state index contributed by atoms with van der Waals surface area (Å²) in [5.41, 5.74) is 2.37. The molecule has 0 bridgehead atoms. The van der Waals surface area contributed by atoms with Crippen molar-refractivity contribution < 1.29 is 4.74 Å². The summed E-state index contributed by atoms with van der Waals surface area (Å²) in [6, 6.07) is 6.10. The fraction of sp³-hybridized carbons (Fsp3) is 0.625. The molecule has 0 aliphatic rings. The first kappa shape index (κ1) is 17.3. The monoisotopic (exact) mass is 298 g/mol. The van der Waals surface area contributed by atoms with E-state index in [2.05, 4.69) is 37.2 Å². The van der Waals surface area contributed by atoms with Crippen LogP contribution < -0.4 is 10.2 Å². The van der Waals surface area contributed by atoms with Crippen molar-refractivity contribution in [3.8, 4) is 0 Å². The highest BCUT2D eigenvalue weighted by atomic mass is 35.5. The Balaban J connectivity index is 2.71. The van der Waals surface area contributed by atoms with Gasteiger partial charge >= 0.3 is 0 Å². The first-order chi connectivity index (χ1) is 9.56. The Kier molecular flexibility index (Phi) is 7.97. The van der Waals surface area contributed by atoms with Crippen LogP contribution in [0.15, 0.2) is 18.2 Å². The number of halogens is 1. The van der Waals surface area contributed by atoms with Crippen molar-refractivity contribution in [2.24, 2.45) is 5.92 Å². The number of rotatable bonds is 9. The average molecular weight is 299 g/mol. The standard InChI is InChI=1S/C16H27ClN2O/c1-13(2)11-18-12-14-15(17)7-5-8-16(14)19(3)9-6-10-20-4/h5,7-8,13,18H,6,9-12H2,1-4H3. The van der Waals surface area contributed by atoms with Crippen molar-refractivity contribution in [3.63, 3.8) is 0 Å². The van der Waals surface area contributed by atoms with Gasteiger partial charge < -0.3 is 15.0 Å². The molecule has 0 unspecified atom stereocenters. The number of nitrogens with one attached hydrogen (secondary N) is 1. The molecule has 1 aromatic carbocycles. The SMILES string of the molecule is COCCCN(C)c1cccc(Cl)c1CNCC(C)C. The molecule has 0 aliphatic carbocycles. The molecule has 0 spiro atoms. The number of anilines is 1. The molecule has 1 N–H and O–H groups in total. The van der Waals surface area contributed by atoms with Gasteiger partial charge in [0.05, 0.1) is 0 Å². The van der Waals surface area contributed by atoms with Crippen LogP contribution in [0.3, 0.4) is 0 Å². The predicted octanol–water partition coefficient (Wildman–Crippen LogP) is 3.56. The summed E-state index contributed by atoms with van der Waals surface area (Å²) in [4.78, 5) is 2.25. The first-order valence-corrected chi connectivity index (χ1v) is 7.62. The zero-order chi connectivity index (χ0) is 15.0. The Labute approximate surface area is 128 Å². The number of nitrogens with zero attached hydrogens (tertiary/aromatic N) is 1. The van der Waals surface area contributed by atoms with Crippen molar-refractivity contribution >= 4 is 17.3 Å². The van der Waals surface area contributed by atoms with Gasteiger partial charge in [-0.3, -0.25) is 0 Å². The van der Waals surface area contributed by atoms with E-state index in [1.165, 1.54) is 11.3 Å². The molecule has 0 heterocycles. The maximum Gasteiger partial charge on any atom is 0.0479 e. The zero-order valence-electron chi connectivity index (χ0n) is 13.1. The van der Waals surface area contributed by atoms with Crippen molar-refractivity contribution in [1.29, 1.82) is 0 Å². The fourth-order valence-electron chi connectivity index (χ4n) is 2.13. The lowest BCUT2D eigenvalue weighted by Crippen LogP contribution is -2.24. The molecule has 0 amide bonds. The number of hydrogen-bond donors (Lipinski definition) is 1. The number of ether oxygens (including phenoxy) is 1. The normalized spacial score (nSPS) is 11.1. The summed E-state index contributed by atoms with van der Waals surface area (Å²) in [6.07, 6.45) is 1.01. The minimum Gasteiger partial charge on any atom is -0.385 e. The van der Waals surface area contributed by atoms with E-state index in [4.69, 9.17) is 16.3 Å². The van der Waals surface area contributed by atoms with E-state index < -0.39 is 0 Å². The topological polar surface area (TPSA) is 24.5 Å². The second kappa shape index (κ2) is 9.22. The molecule has 3 nitrogen and oxygen atoms in total. The van der Waals surface area contributed by atoms with Gasteiger partial charge in [0.1, 0.15) is 0 Å². The fourth-order valence-corrected chi connectivity index (χ4v) is 2.37. The van der Waals surface area contributed by atoms with Crippen LogP contribution in [0.2, 0.25) is 5.02 Å². The molecule has 0 saturated heterocycles. The molecular weight excluding hydrogens is 272 g/mol. The molecule has 0 saturated carbocycles. The molecule has 1 rings (SSSR count). The molecule has 0 atom stereocenters. The van der Waals surface area contributed by atoms with Crippen LogP contribution in [0.4, 0.5) is 5.69 Å². The van der Waals surface area contributed by atoms with E-state index in [1.807, 2.05) is 12.1 Å². The summed E-state index contributed by atoms with van der Waals surface area (Å²) >= 11 is 6.36. The van der Waals surface area contributed by atoms with Gasteiger partial charge in [-0.05, 0) is 31.0 Å². The van der Waals surface area contributed by atoms with Gasteiger partial charge in [0.15, 0.2) is 0 Å². The number of methoxy groups -OCH3 is 1. The lowest BCUT2D eigenvalue weighted by molar-refractivity contribution is 0.196. The molecule has 4 heteroatoms. The predicted molar refractivity (Wildman–Crippen MR) is 87.8 cm³/mol. The molecule has 0 radical (unpaired) electrons. The van der Waals surface area contributed by atoms with Crippen LogP contribution in [0, 0.1) is 5.92 Å². The highest BCUT2D eigenvalue weighted by molar-refractivity contribution is 6.31. The highest BCUT2D eigenvalue weighted by Gasteiger charge is 2.10. The Morgan fingerprint density at radius 2 is 2.10 bits per heavy atom. The Hall–Kier alpha value is -0.770. The zero-order valence-corrected chi connectivity index (χ0v) is 13.8. The van der Waals surface area contributed by atoms with E-state index >= 15 is 0 Å². The summed E-state index contributed by atoms with van der Waals surface area (Å²) in [6.45, 7) is 7.96. The van der Waals surface area contributed by atoms with Crippen molar-refractivity contribution in [2.75, 3.05) is 38.8 Å². The van der Waals surface area contributed by atoms with Gasteiger partial charge in [-0.2, -0.15) is 0 Å². The lowest BCUT2D eigenvalue weighted by atomic mass is 10.1. The average Bonchev–Trinajstić information content (AvgIpc) is 2.40. The third-order valence-electron chi connectivity index (χ3n) is 3.20. The smallest absolute Gasteiger partial charge is 0.0479 e. The van der Waals surface area contributed by atoms with Gasteiger partial charge in [-0.15, -0.1) is 0 Å². The number of hydrogen-bond acceptors (Lipinski definition) is 3. The Bertz CT molecular complexity index is 396. The van der Waals surface area contributed by atoms with E-state index in [-0.39, 0.29) is 0 Å². The van der Waals surface area contributed by atoms with Crippen LogP contribution in [0.1, 0.15) is 25.8 Å². The summed E-state index contributed by atoms with van der Waals surface area (Å²) in [5, 5.41) is 4.30. The quantitative estimate of drug-likeness (QED) is 0.706. The van der Waals surface area contributed by atoms with Crippen LogP contribution in [0.5, 0.6) is 0 Å². The van der Waals surface area contributed by atoms with Crippen LogP contribution in [-0.2, 0) is 11.3 Å². The largest absolute Gasteiger partial charge is 0.385 e. The van der Waals surface area contributed by atoms with Crippen LogP contribution in [0.25, 0.3) is 0 Å². The molecule has 1 aromatic rings. The summed E-state index contributed by atoms with van der Waals surface area (Å²) in [7, 11) is 3.84. The molecule has 114 valence electrons. The minimum atomic E-state index is 0.639. The summed E-state index contributed by atoms with van der Waals surface area (Å²) < 4.78 is 5.11. The van der Waals surface area contributed by atoms with Gasteiger partial charge in [-0.1, -0.05) is 31.5 Å². The van der Waals surface area contributed by atoms with E-state index in [0.717, 1.165) is 37.7 Å². The molecule has 0 aliphatic heterocycles. The summed E-state index contributed by atoms with van der Waals surface area (Å²) in [5.74, 6) is 0.639. The lowest BCUT2D eigenvalue weighted by Gasteiger charge is -2.23. The third kappa shape index (κ3) is 5.70. The van der Waals surface area contributed by atoms with E-state index in [9.17, 15) is 0 Å². The van der Waals surface area contributed by atoms with E-state index in [1.54, 1.807) is 7.11 Å². The van der Waals surface area contributed by atoms with Gasteiger partial charge in [0.2, 0.25) is 0 Å². The van der Waals surface area contributed by atoms with Gasteiger partial charge in [-0.25, -0.2) is 0 Å². The minimum absolute atomic E-state index is 0.639. The van der Waals surface area contributed by atoms with Crippen molar-refractivity contribution in [3.05, 3.63) is 28.8 Å². The van der Waals surface area contributed by atoms with Gasteiger partial charge in [0.25, 0.3) is 0 Å². The van der Waals surface area contributed by atoms with Crippen LogP contribution in [-0.4, -0.2) is 33.9 Å².